The highest BCUT2D eigenvalue weighted by Crippen LogP contribution is 2.33. The van der Waals surface area contributed by atoms with Gasteiger partial charge in [-0.15, -0.1) is 20.4 Å². The first-order valence-corrected chi connectivity index (χ1v) is 23.8. The number of hydrogen-bond donors (Lipinski definition) is 8. The number of carboxylic acids is 1. The lowest BCUT2D eigenvalue weighted by Gasteiger charge is -2.21. The molecule has 350 valence electrons. The van der Waals surface area contributed by atoms with E-state index in [2.05, 4.69) is 41.4 Å². The van der Waals surface area contributed by atoms with Crippen LogP contribution in [-0.4, -0.2) is 87.8 Å². The van der Waals surface area contributed by atoms with E-state index in [9.17, 15) is 63.5 Å². The number of aromatic amines is 1. The summed E-state index contributed by atoms with van der Waals surface area (Å²) in [6, 6.07) is 20.5. The molecule has 3 aliphatic carbocycles. The van der Waals surface area contributed by atoms with E-state index < -0.39 is 85.1 Å². The smallest absolute Gasteiger partial charge is 0.338 e. The van der Waals surface area contributed by atoms with Gasteiger partial charge in [0.25, 0.3) is 35.9 Å². The largest absolute Gasteiger partial charge is 0.505 e. The van der Waals surface area contributed by atoms with E-state index in [0.29, 0.717) is 23.2 Å². The number of aliphatic imine (C=N–C) groups is 1. The van der Waals surface area contributed by atoms with Crippen molar-refractivity contribution in [1.29, 1.82) is 0 Å². The monoisotopic (exact) mass is 993 g/mol. The van der Waals surface area contributed by atoms with Crippen molar-refractivity contribution in [3.05, 3.63) is 176 Å². The van der Waals surface area contributed by atoms with E-state index in [1.54, 1.807) is 36.4 Å². The molecular weight excluding hydrogens is 963 g/mol. The SMILES string of the molecule is Cc1[nH]n(-c2ccc(NNC3=CC(=O)C(=NN=C4C(S(=O)(=O)O)=CC5=CC(=Nc6ccccc6)C=CC5=C4O)c4ccc(S(=O)(=O)O)cc43)cc2)c(=O)c1N=Nc1ccc(S(=O)(=O)O)cc1C(=O)O. The predicted octanol–water partition coefficient (Wildman–Crippen LogP) is 5.63. The number of aromatic nitrogens is 2. The lowest BCUT2D eigenvalue weighted by molar-refractivity contribution is -0.108. The summed E-state index contributed by atoms with van der Waals surface area (Å²) in [7, 11) is -14.6. The Hall–Kier alpha value is -8.53. The summed E-state index contributed by atoms with van der Waals surface area (Å²) in [6.45, 7) is 1.49. The van der Waals surface area contributed by atoms with Crippen LogP contribution in [0.2, 0.25) is 0 Å². The van der Waals surface area contributed by atoms with Crippen LogP contribution in [0.5, 0.6) is 0 Å². The maximum absolute atomic E-state index is 13.7. The molecule has 1 aromatic heterocycles. The Bertz CT molecular complexity index is 3770. The number of aromatic carboxylic acids is 1. The molecular formula is C43H31N9O14S3. The third-order valence-electron chi connectivity index (χ3n) is 10.2. The Morgan fingerprint density at radius 1 is 0.710 bits per heavy atom. The molecule has 1 heterocycles. The molecule has 0 atom stereocenters. The molecule has 0 bridgehead atoms. The molecule has 8 N–H and O–H groups in total. The number of H-pyrrole nitrogens is 1. The van der Waals surface area contributed by atoms with Crippen LogP contribution >= 0.6 is 0 Å². The number of benzene rings is 4. The number of aryl methyl sites for hydroxylation is 1. The number of aliphatic hydroxyl groups excluding tert-OH is 1. The number of ketones is 1. The van der Waals surface area contributed by atoms with Crippen molar-refractivity contribution in [2.24, 2.45) is 25.4 Å². The highest BCUT2D eigenvalue weighted by Gasteiger charge is 2.33. The molecule has 0 unspecified atom stereocenters. The van der Waals surface area contributed by atoms with E-state index in [1.165, 1.54) is 43.3 Å². The van der Waals surface area contributed by atoms with Gasteiger partial charge >= 0.3 is 5.97 Å². The fourth-order valence-electron chi connectivity index (χ4n) is 6.89. The molecule has 69 heavy (non-hydrogen) atoms. The van der Waals surface area contributed by atoms with Gasteiger partial charge in [-0.2, -0.15) is 25.3 Å². The summed E-state index contributed by atoms with van der Waals surface area (Å²) >= 11 is 0. The number of allylic oxidation sites excluding steroid dienone is 8. The van der Waals surface area contributed by atoms with E-state index in [0.717, 1.165) is 47.2 Å². The molecule has 5 aromatic rings. The number of carboxylic acid groups (broad SMARTS) is 1. The molecule has 0 aliphatic heterocycles. The van der Waals surface area contributed by atoms with Crippen LogP contribution in [0.15, 0.2) is 183 Å². The number of hydrazine groups is 1. The number of nitrogens with one attached hydrogen (secondary N) is 3. The highest BCUT2D eigenvalue weighted by atomic mass is 32.2. The molecule has 4 aromatic carbocycles. The summed E-state index contributed by atoms with van der Waals surface area (Å²) in [5, 5.41) is 39.2. The Labute approximate surface area is 389 Å². The molecule has 0 radical (unpaired) electrons. The molecule has 8 rings (SSSR count). The van der Waals surface area contributed by atoms with Crippen molar-refractivity contribution in [2.75, 3.05) is 5.43 Å². The fourth-order valence-corrected chi connectivity index (χ4v) is 8.56. The maximum atomic E-state index is 13.7. The summed E-state index contributed by atoms with van der Waals surface area (Å²) in [5.41, 5.74) is 4.54. The van der Waals surface area contributed by atoms with Crippen LogP contribution in [0, 0.1) is 6.92 Å². The van der Waals surface area contributed by atoms with Gasteiger partial charge in [0.2, 0.25) is 5.78 Å². The lowest BCUT2D eigenvalue weighted by atomic mass is 9.91. The third kappa shape index (κ3) is 9.81. The number of carbonyl (C=O) groups excluding carboxylic acids is 1. The van der Waals surface area contributed by atoms with Crippen molar-refractivity contribution >= 4 is 87.7 Å². The van der Waals surface area contributed by atoms with Gasteiger partial charge in [-0.3, -0.25) is 28.3 Å². The van der Waals surface area contributed by atoms with Crippen LogP contribution in [-0.2, 0) is 35.1 Å². The number of hydrogen-bond acceptors (Lipinski definition) is 17. The number of fused-ring (bicyclic) bond motifs is 2. The van der Waals surface area contributed by atoms with Crippen molar-refractivity contribution < 1.29 is 58.7 Å². The second-order valence-corrected chi connectivity index (χ2v) is 19.0. The van der Waals surface area contributed by atoms with Gasteiger partial charge < -0.3 is 21.1 Å². The molecule has 26 heteroatoms. The van der Waals surface area contributed by atoms with Crippen molar-refractivity contribution in [2.45, 2.75) is 16.7 Å². The summed E-state index contributed by atoms with van der Waals surface area (Å²) < 4.78 is 103. The number of anilines is 1. The zero-order valence-electron chi connectivity index (χ0n) is 34.9. The zero-order chi connectivity index (χ0) is 49.6. The first kappa shape index (κ1) is 47.0. The number of rotatable bonds is 12. The average Bonchev–Trinajstić information content (AvgIpc) is 3.58. The van der Waals surface area contributed by atoms with Gasteiger partial charge in [-0.1, -0.05) is 24.3 Å². The van der Waals surface area contributed by atoms with Gasteiger partial charge in [-0.25, -0.2) is 14.5 Å². The molecule has 0 saturated carbocycles. The lowest BCUT2D eigenvalue weighted by Crippen LogP contribution is -2.28. The number of para-hydroxylation sites is 1. The average molecular weight is 994 g/mol. The second kappa shape index (κ2) is 17.9. The minimum Gasteiger partial charge on any atom is -0.505 e. The molecule has 0 saturated heterocycles. The molecule has 23 nitrogen and oxygen atoms in total. The van der Waals surface area contributed by atoms with Crippen LogP contribution in [0.4, 0.5) is 22.7 Å². The van der Waals surface area contributed by atoms with Gasteiger partial charge in [-0.05, 0) is 104 Å². The number of carbonyl (C=O) groups is 2. The summed E-state index contributed by atoms with van der Waals surface area (Å²) in [6.07, 6.45) is 6.51. The van der Waals surface area contributed by atoms with Crippen molar-refractivity contribution in [3.63, 3.8) is 0 Å². The van der Waals surface area contributed by atoms with Gasteiger partial charge in [0.1, 0.15) is 22.0 Å². The van der Waals surface area contributed by atoms with Gasteiger partial charge in [0, 0.05) is 22.8 Å². The van der Waals surface area contributed by atoms with Crippen molar-refractivity contribution in [3.8, 4) is 5.69 Å². The Kier molecular flexibility index (Phi) is 12.2. The third-order valence-corrected chi connectivity index (χ3v) is 12.7. The fraction of sp³-hybridized carbons (Fsp3) is 0.0233. The normalized spacial score (nSPS) is 16.9. The van der Waals surface area contributed by atoms with Gasteiger partial charge in [0.05, 0.1) is 49.5 Å². The predicted molar refractivity (Wildman–Crippen MR) is 249 cm³/mol. The molecule has 0 fully saturated rings. The van der Waals surface area contributed by atoms with Crippen LogP contribution < -0.4 is 16.4 Å². The second-order valence-electron chi connectivity index (χ2n) is 14.7. The molecule has 0 spiro atoms. The number of azo groups is 1. The Morgan fingerprint density at radius 2 is 1.38 bits per heavy atom. The Morgan fingerprint density at radius 3 is 2.04 bits per heavy atom. The minimum absolute atomic E-state index is 0.0183. The summed E-state index contributed by atoms with van der Waals surface area (Å²) in [5.74, 6) is -3.12. The zero-order valence-corrected chi connectivity index (χ0v) is 37.3. The van der Waals surface area contributed by atoms with Gasteiger partial charge in [0.15, 0.2) is 11.4 Å². The van der Waals surface area contributed by atoms with Crippen LogP contribution in [0.3, 0.4) is 0 Å². The van der Waals surface area contributed by atoms with Crippen LogP contribution in [0.25, 0.3) is 11.4 Å². The van der Waals surface area contributed by atoms with E-state index in [-0.39, 0.29) is 50.7 Å². The first-order chi connectivity index (χ1) is 32.6. The topological polar surface area (TPSA) is 361 Å². The first-order valence-electron chi connectivity index (χ1n) is 19.5. The quantitative estimate of drug-likeness (QED) is 0.0426. The summed E-state index contributed by atoms with van der Waals surface area (Å²) in [4.78, 5) is 41.2. The van der Waals surface area contributed by atoms with Crippen LogP contribution in [0.1, 0.15) is 27.2 Å². The van der Waals surface area contributed by atoms with Crippen molar-refractivity contribution in [1.82, 2.24) is 15.2 Å². The molecule has 3 aliphatic rings. The van der Waals surface area contributed by atoms with E-state index in [1.807, 2.05) is 0 Å². The number of aliphatic hydroxyl groups is 1. The molecule has 0 amide bonds. The van der Waals surface area contributed by atoms with E-state index >= 15 is 0 Å². The highest BCUT2D eigenvalue weighted by molar-refractivity contribution is 7.91. The standard InChI is InChI=1S/C43H31N9O14S3/c1-22-38(48-46-34-16-13-29(68(61,62)63)20-33(34)43(56)57)42(55)52(51-22)27-10-7-25(8-11-27)45-47-35-21-36(53)39(31-15-12-28(19-32(31)35)67(58,59)60)49-50-40-37(69(64,65)66)18-23-17-26(9-14-30(23)41(40)54)44-24-5-3-2-4-6-24/h2-21,45,47,51,54H,1H3,(H,56,57)(H,58,59,60)(H,61,62,63)(H,64,65,66). The Balaban J connectivity index is 1.06. The van der Waals surface area contributed by atoms with E-state index in [4.69, 9.17) is 0 Å². The maximum Gasteiger partial charge on any atom is 0.338 e. The minimum atomic E-state index is -5.08. The number of nitrogens with zero attached hydrogens (tertiary/aromatic N) is 6.